The lowest BCUT2D eigenvalue weighted by atomic mass is 9.93. The Hall–Kier alpha value is -2.56. The van der Waals surface area contributed by atoms with Crippen LogP contribution in [0.4, 0.5) is 0 Å². The van der Waals surface area contributed by atoms with Crippen LogP contribution in [0.1, 0.15) is 28.8 Å². The SMILES string of the molecule is O=C(c1ccoc1)N1CC2CCC(C1)N(Cc1ccccc1)C2=O. The van der Waals surface area contributed by atoms with Crippen LogP contribution < -0.4 is 0 Å². The number of amides is 2. The molecule has 1 aromatic heterocycles. The van der Waals surface area contributed by atoms with E-state index < -0.39 is 0 Å². The average molecular weight is 324 g/mol. The second-order valence-corrected chi connectivity index (χ2v) is 6.60. The fraction of sp³-hybridized carbons (Fsp3) is 0.368. The van der Waals surface area contributed by atoms with E-state index in [0.29, 0.717) is 25.2 Å². The van der Waals surface area contributed by atoms with Crippen LogP contribution in [-0.2, 0) is 11.3 Å². The number of rotatable bonds is 3. The van der Waals surface area contributed by atoms with Crippen molar-refractivity contribution in [2.75, 3.05) is 13.1 Å². The van der Waals surface area contributed by atoms with Crippen molar-refractivity contribution < 1.29 is 14.0 Å². The highest BCUT2D eigenvalue weighted by Crippen LogP contribution is 2.31. The third-order valence-electron chi connectivity index (χ3n) is 5.04. The Morgan fingerprint density at radius 1 is 1.12 bits per heavy atom. The van der Waals surface area contributed by atoms with Crippen LogP contribution in [0.3, 0.4) is 0 Å². The van der Waals surface area contributed by atoms with Crippen molar-refractivity contribution in [2.45, 2.75) is 25.4 Å². The smallest absolute Gasteiger partial charge is 0.257 e. The molecular formula is C19H20N2O3. The van der Waals surface area contributed by atoms with Gasteiger partial charge in [0.25, 0.3) is 5.91 Å². The first-order chi connectivity index (χ1) is 11.7. The zero-order valence-corrected chi connectivity index (χ0v) is 13.4. The molecule has 2 atom stereocenters. The number of carbonyl (C=O) groups excluding carboxylic acids is 2. The van der Waals surface area contributed by atoms with Crippen LogP contribution in [0.25, 0.3) is 0 Å². The summed E-state index contributed by atoms with van der Waals surface area (Å²) in [4.78, 5) is 29.3. The normalized spacial score (nSPS) is 23.4. The number of nitrogens with zero attached hydrogens (tertiary/aromatic N) is 2. The number of furan rings is 1. The first-order valence-electron chi connectivity index (χ1n) is 8.38. The molecule has 0 spiro atoms. The van der Waals surface area contributed by atoms with Gasteiger partial charge in [-0.1, -0.05) is 30.3 Å². The van der Waals surface area contributed by atoms with Gasteiger partial charge in [0, 0.05) is 25.7 Å². The van der Waals surface area contributed by atoms with Crippen LogP contribution in [0.2, 0.25) is 0 Å². The molecule has 2 bridgehead atoms. The quantitative estimate of drug-likeness (QED) is 0.872. The first kappa shape index (κ1) is 15.0. The highest BCUT2D eigenvalue weighted by molar-refractivity contribution is 5.94. The maximum atomic E-state index is 12.8. The minimum atomic E-state index is -0.0942. The molecule has 0 aliphatic carbocycles. The molecular weight excluding hydrogens is 304 g/mol. The maximum Gasteiger partial charge on any atom is 0.257 e. The standard InChI is InChI=1S/C19H20N2O3/c22-18(16-8-9-24-13-16)20-11-15-6-7-17(12-20)21(19(15)23)10-14-4-2-1-3-5-14/h1-5,8-9,13,15,17H,6-7,10-12H2. The van der Waals surface area contributed by atoms with E-state index in [1.807, 2.05) is 40.1 Å². The van der Waals surface area contributed by atoms with E-state index >= 15 is 0 Å². The van der Waals surface area contributed by atoms with Crippen molar-refractivity contribution in [3.8, 4) is 0 Å². The molecule has 5 rings (SSSR count). The topological polar surface area (TPSA) is 53.8 Å². The van der Waals surface area contributed by atoms with Crippen molar-refractivity contribution in [1.29, 1.82) is 0 Å². The Morgan fingerprint density at radius 3 is 2.71 bits per heavy atom. The van der Waals surface area contributed by atoms with Gasteiger partial charge in [-0.25, -0.2) is 0 Å². The van der Waals surface area contributed by atoms with Crippen LogP contribution >= 0.6 is 0 Å². The molecule has 4 heterocycles. The molecule has 2 unspecified atom stereocenters. The fourth-order valence-electron chi connectivity index (χ4n) is 3.76. The van der Waals surface area contributed by atoms with Crippen LogP contribution in [-0.4, -0.2) is 40.7 Å². The Balaban J connectivity index is 1.55. The monoisotopic (exact) mass is 324 g/mol. The molecule has 5 nitrogen and oxygen atoms in total. The van der Waals surface area contributed by atoms with Crippen molar-refractivity contribution in [1.82, 2.24) is 9.80 Å². The Kier molecular flexibility index (Phi) is 3.84. The number of benzene rings is 1. The van der Waals surface area contributed by atoms with Gasteiger partial charge < -0.3 is 14.2 Å². The molecule has 0 saturated carbocycles. The van der Waals surface area contributed by atoms with Crippen LogP contribution in [0.15, 0.2) is 53.3 Å². The number of hydrogen-bond donors (Lipinski definition) is 0. The summed E-state index contributed by atoms with van der Waals surface area (Å²) in [6.45, 7) is 1.72. The van der Waals surface area contributed by atoms with Crippen molar-refractivity contribution in [3.63, 3.8) is 0 Å². The van der Waals surface area contributed by atoms with Gasteiger partial charge in [0.15, 0.2) is 0 Å². The van der Waals surface area contributed by atoms with Gasteiger partial charge in [-0.15, -0.1) is 0 Å². The molecule has 3 aliphatic heterocycles. The highest BCUT2D eigenvalue weighted by atomic mass is 16.3. The second-order valence-electron chi connectivity index (χ2n) is 6.60. The lowest BCUT2D eigenvalue weighted by molar-refractivity contribution is -0.140. The molecule has 2 amide bonds. The minimum absolute atomic E-state index is 0.0463. The first-order valence-corrected chi connectivity index (χ1v) is 8.38. The molecule has 1 aromatic carbocycles. The van der Waals surface area contributed by atoms with Crippen molar-refractivity contribution >= 4 is 11.8 Å². The van der Waals surface area contributed by atoms with E-state index in [-0.39, 0.29) is 23.8 Å². The van der Waals surface area contributed by atoms with Gasteiger partial charge in [-0.2, -0.15) is 0 Å². The predicted octanol–water partition coefficient (Wildman–Crippen LogP) is 2.54. The number of hydrogen-bond acceptors (Lipinski definition) is 3. The number of fused-ring (bicyclic) bond motifs is 4. The summed E-state index contributed by atoms with van der Waals surface area (Å²) in [5.74, 6) is 0.0379. The third-order valence-corrected chi connectivity index (χ3v) is 5.04. The Morgan fingerprint density at radius 2 is 1.96 bits per heavy atom. The minimum Gasteiger partial charge on any atom is -0.472 e. The zero-order valence-electron chi connectivity index (χ0n) is 13.4. The van der Waals surface area contributed by atoms with Gasteiger partial charge in [0.1, 0.15) is 6.26 Å². The van der Waals surface area contributed by atoms with Gasteiger partial charge in [-0.3, -0.25) is 9.59 Å². The molecule has 24 heavy (non-hydrogen) atoms. The summed E-state index contributed by atoms with van der Waals surface area (Å²) < 4.78 is 5.02. The fourth-order valence-corrected chi connectivity index (χ4v) is 3.76. The van der Waals surface area contributed by atoms with E-state index in [9.17, 15) is 9.59 Å². The van der Waals surface area contributed by atoms with E-state index in [2.05, 4.69) is 0 Å². The maximum absolute atomic E-state index is 12.8. The zero-order chi connectivity index (χ0) is 16.5. The summed E-state index contributed by atoms with van der Waals surface area (Å²) >= 11 is 0. The summed E-state index contributed by atoms with van der Waals surface area (Å²) in [5, 5.41) is 0. The summed E-state index contributed by atoms with van der Waals surface area (Å²) in [7, 11) is 0. The lowest BCUT2D eigenvalue weighted by Gasteiger charge is -2.36. The van der Waals surface area contributed by atoms with Gasteiger partial charge in [0.2, 0.25) is 5.91 Å². The molecule has 5 heteroatoms. The Labute approximate surface area is 140 Å². The summed E-state index contributed by atoms with van der Waals surface area (Å²) in [6.07, 6.45) is 4.80. The predicted molar refractivity (Wildman–Crippen MR) is 88.1 cm³/mol. The van der Waals surface area contributed by atoms with E-state index in [1.54, 1.807) is 6.07 Å². The van der Waals surface area contributed by atoms with Gasteiger partial charge in [0.05, 0.1) is 17.7 Å². The van der Waals surface area contributed by atoms with Gasteiger partial charge in [-0.05, 0) is 24.5 Å². The van der Waals surface area contributed by atoms with E-state index in [4.69, 9.17) is 4.42 Å². The van der Waals surface area contributed by atoms with Crippen molar-refractivity contribution in [2.24, 2.45) is 5.92 Å². The molecule has 2 aromatic rings. The third kappa shape index (κ3) is 2.70. The van der Waals surface area contributed by atoms with Crippen molar-refractivity contribution in [3.05, 3.63) is 60.1 Å². The number of carbonyl (C=O) groups is 2. The molecule has 0 N–H and O–H groups in total. The molecule has 3 aliphatic rings. The van der Waals surface area contributed by atoms with Crippen LogP contribution in [0.5, 0.6) is 0 Å². The lowest BCUT2D eigenvalue weighted by Crippen LogP contribution is -2.47. The highest BCUT2D eigenvalue weighted by Gasteiger charge is 2.41. The van der Waals surface area contributed by atoms with Gasteiger partial charge >= 0.3 is 0 Å². The molecule has 0 radical (unpaired) electrons. The largest absolute Gasteiger partial charge is 0.472 e. The van der Waals surface area contributed by atoms with E-state index in [0.717, 1.165) is 18.4 Å². The average Bonchev–Trinajstić information content (AvgIpc) is 3.01. The number of piperidine rings is 1. The second kappa shape index (κ2) is 6.15. The Bertz CT molecular complexity index is 726. The summed E-state index contributed by atoms with van der Waals surface area (Å²) in [5.41, 5.74) is 1.68. The van der Waals surface area contributed by atoms with Crippen LogP contribution in [0, 0.1) is 5.92 Å². The molecule has 3 fully saturated rings. The molecule has 3 saturated heterocycles. The molecule has 124 valence electrons. The summed E-state index contributed by atoms with van der Waals surface area (Å²) in [6, 6.07) is 11.8. The van der Waals surface area contributed by atoms with E-state index in [1.165, 1.54) is 12.5 Å².